The first-order valence-electron chi connectivity index (χ1n) is 5.29. The summed E-state index contributed by atoms with van der Waals surface area (Å²) < 4.78 is 5.00. The molecule has 1 aromatic carbocycles. The number of furan rings is 1. The first kappa shape index (κ1) is 10.9. The standard InChI is InChI=1S/C13H15NO2/c1-11(13-7-8-15-10-13)14-16-9-12-5-3-2-4-6-12/h2-8,10-11,14H,9H2,1H3. The van der Waals surface area contributed by atoms with Gasteiger partial charge in [0.2, 0.25) is 0 Å². The van der Waals surface area contributed by atoms with Crippen molar-refractivity contribution in [3.05, 3.63) is 60.1 Å². The van der Waals surface area contributed by atoms with Gasteiger partial charge in [0.1, 0.15) is 0 Å². The number of hydroxylamine groups is 1. The van der Waals surface area contributed by atoms with Crippen LogP contribution in [0, 0.1) is 0 Å². The summed E-state index contributed by atoms with van der Waals surface area (Å²) in [4.78, 5) is 5.41. The third kappa shape index (κ3) is 2.95. The number of hydrogen-bond acceptors (Lipinski definition) is 3. The molecule has 1 atom stereocenters. The van der Waals surface area contributed by atoms with Crippen LogP contribution < -0.4 is 5.48 Å². The Kier molecular flexibility index (Phi) is 3.75. The molecule has 1 aromatic heterocycles. The van der Waals surface area contributed by atoms with Gasteiger partial charge in [0.05, 0.1) is 25.2 Å². The van der Waals surface area contributed by atoms with E-state index in [0.717, 1.165) is 11.1 Å². The van der Waals surface area contributed by atoms with Crippen molar-refractivity contribution < 1.29 is 9.25 Å². The zero-order valence-electron chi connectivity index (χ0n) is 9.22. The molecule has 1 heterocycles. The first-order valence-corrected chi connectivity index (χ1v) is 5.29. The van der Waals surface area contributed by atoms with E-state index in [1.807, 2.05) is 43.3 Å². The van der Waals surface area contributed by atoms with Gasteiger partial charge in [-0.25, -0.2) is 0 Å². The molecular weight excluding hydrogens is 202 g/mol. The van der Waals surface area contributed by atoms with Crippen molar-refractivity contribution >= 4 is 0 Å². The van der Waals surface area contributed by atoms with Gasteiger partial charge in [-0.3, -0.25) is 4.84 Å². The Hall–Kier alpha value is -1.58. The van der Waals surface area contributed by atoms with Crippen LogP contribution in [0.4, 0.5) is 0 Å². The van der Waals surface area contributed by atoms with Gasteiger partial charge in [0.25, 0.3) is 0 Å². The lowest BCUT2D eigenvalue weighted by Crippen LogP contribution is -2.18. The fourth-order valence-corrected chi connectivity index (χ4v) is 1.41. The fourth-order valence-electron chi connectivity index (χ4n) is 1.41. The summed E-state index contributed by atoms with van der Waals surface area (Å²) in [6.07, 6.45) is 3.37. The molecule has 0 aliphatic carbocycles. The maximum atomic E-state index is 5.41. The maximum absolute atomic E-state index is 5.41. The molecule has 16 heavy (non-hydrogen) atoms. The molecule has 2 rings (SSSR count). The summed E-state index contributed by atoms with van der Waals surface area (Å²) in [5, 5.41) is 0. The van der Waals surface area contributed by atoms with Gasteiger partial charge in [-0.2, -0.15) is 5.48 Å². The minimum atomic E-state index is 0.127. The molecule has 3 nitrogen and oxygen atoms in total. The van der Waals surface area contributed by atoms with E-state index in [-0.39, 0.29) is 6.04 Å². The van der Waals surface area contributed by atoms with E-state index in [9.17, 15) is 0 Å². The summed E-state index contributed by atoms with van der Waals surface area (Å²) in [6, 6.07) is 12.1. The normalized spacial score (nSPS) is 12.6. The maximum Gasteiger partial charge on any atom is 0.0951 e. The topological polar surface area (TPSA) is 34.4 Å². The molecule has 0 aliphatic heterocycles. The SMILES string of the molecule is CC(NOCc1ccccc1)c1ccoc1. The first-order chi connectivity index (χ1) is 7.86. The molecule has 0 saturated carbocycles. The molecule has 1 unspecified atom stereocenters. The van der Waals surface area contributed by atoms with Crippen LogP contribution in [0.5, 0.6) is 0 Å². The lowest BCUT2D eigenvalue weighted by Gasteiger charge is -2.11. The summed E-state index contributed by atoms with van der Waals surface area (Å²) >= 11 is 0. The fraction of sp³-hybridized carbons (Fsp3) is 0.231. The van der Waals surface area contributed by atoms with Gasteiger partial charge in [-0.15, -0.1) is 0 Å². The summed E-state index contributed by atoms with van der Waals surface area (Å²) in [6.45, 7) is 2.58. The van der Waals surface area contributed by atoms with Gasteiger partial charge in [0.15, 0.2) is 0 Å². The van der Waals surface area contributed by atoms with Crippen molar-refractivity contribution in [2.45, 2.75) is 19.6 Å². The number of hydrogen-bond donors (Lipinski definition) is 1. The summed E-state index contributed by atoms with van der Waals surface area (Å²) in [7, 11) is 0. The molecule has 3 heteroatoms. The van der Waals surface area contributed by atoms with Gasteiger partial charge in [-0.1, -0.05) is 30.3 Å². The van der Waals surface area contributed by atoms with E-state index in [0.29, 0.717) is 6.61 Å². The number of rotatable bonds is 5. The number of benzene rings is 1. The largest absolute Gasteiger partial charge is 0.472 e. The van der Waals surface area contributed by atoms with E-state index in [2.05, 4.69) is 5.48 Å². The smallest absolute Gasteiger partial charge is 0.0951 e. The molecule has 0 aliphatic rings. The Balaban J connectivity index is 1.76. The molecule has 0 saturated heterocycles. The van der Waals surface area contributed by atoms with Crippen molar-refractivity contribution in [1.29, 1.82) is 0 Å². The Morgan fingerprint density at radius 3 is 2.75 bits per heavy atom. The molecule has 0 amide bonds. The predicted molar refractivity (Wildman–Crippen MR) is 61.5 cm³/mol. The molecule has 0 radical (unpaired) electrons. The lowest BCUT2D eigenvalue weighted by molar-refractivity contribution is 0.00687. The highest BCUT2D eigenvalue weighted by Gasteiger charge is 2.05. The van der Waals surface area contributed by atoms with Crippen LogP contribution in [0.3, 0.4) is 0 Å². The lowest BCUT2D eigenvalue weighted by atomic mass is 10.2. The Morgan fingerprint density at radius 2 is 2.06 bits per heavy atom. The molecule has 0 fully saturated rings. The quantitative estimate of drug-likeness (QED) is 0.781. The average Bonchev–Trinajstić information content (AvgIpc) is 2.84. The van der Waals surface area contributed by atoms with Crippen LogP contribution in [0.25, 0.3) is 0 Å². The van der Waals surface area contributed by atoms with E-state index in [4.69, 9.17) is 9.25 Å². The Morgan fingerprint density at radius 1 is 1.25 bits per heavy atom. The Bertz CT molecular complexity index is 397. The van der Waals surface area contributed by atoms with Crippen molar-refractivity contribution in [2.24, 2.45) is 0 Å². The molecule has 84 valence electrons. The van der Waals surface area contributed by atoms with Gasteiger partial charge in [-0.05, 0) is 18.6 Å². The van der Waals surface area contributed by atoms with Crippen LogP contribution in [-0.4, -0.2) is 0 Å². The molecular formula is C13H15NO2. The third-order valence-corrected chi connectivity index (χ3v) is 2.38. The van der Waals surface area contributed by atoms with Crippen LogP contribution >= 0.6 is 0 Å². The van der Waals surface area contributed by atoms with Crippen LogP contribution in [0.15, 0.2) is 53.3 Å². The van der Waals surface area contributed by atoms with E-state index in [1.165, 1.54) is 0 Å². The van der Waals surface area contributed by atoms with Crippen LogP contribution in [-0.2, 0) is 11.4 Å². The van der Waals surface area contributed by atoms with Crippen LogP contribution in [0.2, 0.25) is 0 Å². The second-order valence-corrected chi connectivity index (χ2v) is 3.67. The van der Waals surface area contributed by atoms with Gasteiger partial charge < -0.3 is 4.42 Å². The summed E-state index contributed by atoms with van der Waals surface area (Å²) in [5.74, 6) is 0. The monoisotopic (exact) mass is 217 g/mol. The van der Waals surface area contributed by atoms with Crippen LogP contribution in [0.1, 0.15) is 24.1 Å². The second-order valence-electron chi connectivity index (χ2n) is 3.67. The van der Waals surface area contributed by atoms with E-state index >= 15 is 0 Å². The van der Waals surface area contributed by atoms with Crippen molar-refractivity contribution in [1.82, 2.24) is 5.48 Å². The highest BCUT2D eigenvalue weighted by Crippen LogP contribution is 2.12. The summed E-state index contributed by atoms with van der Waals surface area (Å²) in [5.41, 5.74) is 5.20. The van der Waals surface area contributed by atoms with Crippen molar-refractivity contribution in [3.8, 4) is 0 Å². The minimum absolute atomic E-state index is 0.127. The highest BCUT2D eigenvalue weighted by atomic mass is 16.6. The number of nitrogens with one attached hydrogen (secondary N) is 1. The van der Waals surface area contributed by atoms with Crippen molar-refractivity contribution in [2.75, 3.05) is 0 Å². The Labute approximate surface area is 95.0 Å². The highest BCUT2D eigenvalue weighted by molar-refractivity contribution is 5.13. The zero-order chi connectivity index (χ0) is 11.2. The zero-order valence-corrected chi connectivity index (χ0v) is 9.22. The van der Waals surface area contributed by atoms with Gasteiger partial charge >= 0.3 is 0 Å². The third-order valence-electron chi connectivity index (χ3n) is 2.38. The minimum Gasteiger partial charge on any atom is -0.472 e. The van der Waals surface area contributed by atoms with E-state index in [1.54, 1.807) is 12.5 Å². The van der Waals surface area contributed by atoms with E-state index < -0.39 is 0 Å². The molecule has 0 spiro atoms. The van der Waals surface area contributed by atoms with Crippen molar-refractivity contribution in [3.63, 3.8) is 0 Å². The second kappa shape index (κ2) is 5.49. The molecule has 1 N–H and O–H groups in total. The predicted octanol–water partition coefficient (Wildman–Crippen LogP) is 3.06. The molecule has 0 bridgehead atoms. The van der Waals surface area contributed by atoms with Gasteiger partial charge in [0, 0.05) is 5.56 Å². The molecule has 2 aromatic rings. The average molecular weight is 217 g/mol.